The van der Waals surface area contributed by atoms with Gasteiger partial charge < -0.3 is 30.0 Å². The molecule has 1 amide bonds. The second-order valence-electron chi connectivity index (χ2n) is 14.3. The Labute approximate surface area is 334 Å². The summed E-state index contributed by atoms with van der Waals surface area (Å²) in [5.74, 6) is -1.34. The summed E-state index contributed by atoms with van der Waals surface area (Å²) >= 11 is 1.34. The summed E-state index contributed by atoms with van der Waals surface area (Å²) in [7, 11) is 0. The zero-order valence-corrected chi connectivity index (χ0v) is 33.5. The van der Waals surface area contributed by atoms with Crippen LogP contribution in [0, 0.1) is 6.92 Å². The lowest BCUT2D eigenvalue weighted by Crippen LogP contribution is -2.43. The Kier molecular flexibility index (Phi) is 18.6. The third-order valence-electron chi connectivity index (χ3n) is 9.79. The molecule has 6 atom stereocenters. The number of unbranched alkanes of at least 4 members (excludes halogenated alkanes) is 10. The van der Waals surface area contributed by atoms with Crippen LogP contribution in [0.1, 0.15) is 121 Å². The first-order chi connectivity index (χ1) is 27.5. The quantitative estimate of drug-likeness (QED) is 0.0439. The molecule has 0 saturated carbocycles. The molecule has 4 rings (SSSR count). The van der Waals surface area contributed by atoms with E-state index in [1.54, 1.807) is 0 Å². The fourth-order valence-corrected chi connectivity index (χ4v) is 7.56. The fourth-order valence-electron chi connectivity index (χ4n) is 6.57. The van der Waals surface area contributed by atoms with Crippen LogP contribution in [0.15, 0.2) is 38.0 Å². The van der Waals surface area contributed by atoms with E-state index in [0.717, 1.165) is 19.3 Å². The minimum Gasteiger partial charge on any atom is -0.463 e. The van der Waals surface area contributed by atoms with Crippen LogP contribution in [-0.2, 0) is 33.3 Å². The van der Waals surface area contributed by atoms with Gasteiger partial charge in [-0.2, -0.15) is 4.98 Å². The van der Waals surface area contributed by atoms with Gasteiger partial charge >= 0.3 is 23.3 Å². The SMILES string of the molecule is CCCCCCCCCCCCCC(=O)N[C@@H](CCC(=O)OC[C@H]1O[C@@H](n2cc(C)c(=O)[nH]c2=O)C[C@@H]1N=[N+]=[N-])C(=O)OC[C@@H]1O[C@H](n2ccc(N)nc2=O)CS1. The second-order valence-corrected chi connectivity index (χ2v) is 15.5. The molecule has 0 radical (unpaired) electrons. The van der Waals surface area contributed by atoms with Gasteiger partial charge in [0.2, 0.25) is 5.91 Å². The monoisotopic (exact) mass is 817 g/mol. The lowest BCUT2D eigenvalue weighted by Gasteiger charge is -2.20. The molecule has 0 spiro atoms. The third-order valence-corrected chi connectivity index (χ3v) is 10.9. The number of anilines is 1. The Bertz CT molecular complexity index is 1860. The van der Waals surface area contributed by atoms with Crippen molar-refractivity contribution in [3.63, 3.8) is 0 Å². The Morgan fingerprint density at radius 1 is 1.02 bits per heavy atom. The number of carbonyl (C=O) groups excluding carboxylic acids is 3. The molecule has 4 heterocycles. The number of hydrogen-bond acceptors (Lipinski definition) is 14. The number of nitrogens with zero attached hydrogens (tertiary/aromatic N) is 6. The van der Waals surface area contributed by atoms with Crippen LogP contribution in [0.25, 0.3) is 10.4 Å². The van der Waals surface area contributed by atoms with Gasteiger partial charge in [0.1, 0.15) is 49.1 Å². The largest absolute Gasteiger partial charge is 0.463 e. The second kappa shape index (κ2) is 23.5. The van der Waals surface area contributed by atoms with Gasteiger partial charge in [0.05, 0.1) is 6.04 Å². The Morgan fingerprint density at radius 2 is 1.72 bits per heavy atom. The van der Waals surface area contributed by atoms with E-state index in [1.807, 2.05) is 0 Å². The number of aryl methyl sites for hydroxylation is 1. The van der Waals surface area contributed by atoms with Crippen molar-refractivity contribution in [2.24, 2.45) is 5.11 Å². The topological polar surface area (TPSA) is 265 Å². The van der Waals surface area contributed by atoms with Crippen LogP contribution in [0.2, 0.25) is 0 Å². The Hall–Kier alpha value is -4.65. The van der Waals surface area contributed by atoms with Crippen molar-refractivity contribution in [3.8, 4) is 0 Å². The molecule has 2 aliphatic heterocycles. The Morgan fingerprint density at radius 3 is 2.40 bits per heavy atom. The highest BCUT2D eigenvalue weighted by atomic mass is 32.2. The lowest BCUT2D eigenvalue weighted by molar-refractivity contribution is -0.153. The maximum Gasteiger partial charge on any atom is 0.351 e. The molecule has 2 aliphatic rings. The molecule has 19 nitrogen and oxygen atoms in total. The van der Waals surface area contributed by atoms with Crippen LogP contribution in [0.5, 0.6) is 0 Å². The predicted molar refractivity (Wildman–Crippen MR) is 211 cm³/mol. The number of thioether (sulfide) groups is 1. The van der Waals surface area contributed by atoms with Crippen molar-refractivity contribution >= 4 is 35.4 Å². The van der Waals surface area contributed by atoms with E-state index in [1.165, 1.54) is 91.2 Å². The van der Waals surface area contributed by atoms with E-state index in [2.05, 4.69) is 32.2 Å². The van der Waals surface area contributed by atoms with Crippen molar-refractivity contribution in [1.29, 1.82) is 0 Å². The number of amides is 1. The molecule has 0 aromatic carbocycles. The van der Waals surface area contributed by atoms with Crippen LogP contribution in [-0.4, -0.2) is 79.5 Å². The van der Waals surface area contributed by atoms with Gasteiger partial charge in [0.25, 0.3) is 5.56 Å². The number of ether oxygens (including phenoxy) is 4. The van der Waals surface area contributed by atoms with E-state index < -0.39 is 65.0 Å². The van der Waals surface area contributed by atoms with Crippen LogP contribution in [0.4, 0.5) is 5.82 Å². The lowest BCUT2D eigenvalue weighted by atomic mass is 10.0. The molecule has 57 heavy (non-hydrogen) atoms. The normalized spacial score (nSPS) is 20.8. The maximum absolute atomic E-state index is 13.3. The van der Waals surface area contributed by atoms with Gasteiger partial charge in [0.15, 0.2) is 0 Å². The van der Waals surface area contributed by atoms with Crippen molar-refractivity contribution < 1.29 is 33.3 Å². The number of hydrogen-bond donors (Lipinski definition) is 3. The fraction of sp³-hybridized carbons (Fsp3) is 0.703. The number of nitrogens with two attached hydrogens (primary N) is 1. The minimum atomic E-state index is -1.16. The summed E-state index contributed by atoms with van der Waals surface area (Å²) in [6.45, 7) is 3.24. The number of nitrogens with one attached hydrogen (secondary N) is 2. The first kappa shape index (κ1) is 45.1. The third kappa shape index (κ3) is 14.7. The van der Waals surface area contributed by atoms with E-state index in [4.69, 9.17) is 30.2 Å². The molecule has 20 heteroatoms. The number of esters is 2. The zero-order chi connectivity index (χ0) is 41.2. The van der Waals surface area contributed by atoms with Gasteiger partial charge in [-0.15, -0.1) is 11.8 Å². The molecule has 0 aliphatic carbocycles. The first-order valence-corrected chi connectivity index (χ1v) is 20.8. The Balaban J connectivity index is 1.28. The van der Waals surface area contributed by atoms with Gasteiger partial charge in [-0.3, -0.25) is 28.5 Å². The number of carbonyl (C=O) groups is 3. The number of azide groups is 1. The van der Waals surface area contributed by atoms with E-state index in [0.29, 0.717) is 12.2 Å². The predicted octanol–water partition coefficient (Wildman–Crippen LogP) is 4.29. The van der Waals surface area contributed by atoms with Crippen molar-refractivity contribution in [3.05, 3.63) is 65.8 Å². The van der Waals surface area contributed by atoms with E-state index in [-0.39, 0.29) is 56.2 Å². The molecule has 2 fully saturated rings. The van der Waals surface area contributed by atoms with Crippen molar-refractivity contribution in [1.82, 2.24) is 24.4 Å². The van der Waals surface area contributed by atoms with Gasteiger partial charge in [-0.05, 0) is 31.4 Å². The summed E-state index contributed by atoms with van der Waals surface area (Å²) in [4.78, 5) is 84.5. The van der Waals surface area contributed by atoms with E-state index in [9.17, 15) is 28.8 Å². The number of rotatable bonds is 24. The number of aromatic amines is 1. The zero-order valence-electron chi connectivity index (χ0n) is 32.7. The van der Waals surface area contributed by atoms with Crippen LogP contribution < -0.4 is 28.0 Å². The molecule has 314 valence electrons. The smallest absolute Gasteiger partial charge is 0.351 e. The standard InChI is InChI=1S/C37H55N9O10S/c1-3-4-5-6-7-8-9-10-11-12-13-14-29(47)40-25(35(50)54-22-33-56-31(23-57-33)45-18-17-28(38)41-36(45)51)15-16-32(48)53-21-27-26(43-44-39)19-30(55-27)46-20-24(2)34(49)42-37(46)52/h17-18,20,25-27,30-31,33H,3-16,19,21-23H2,1-2H3,(H,40,47)(H2,38,41,51)(H,42,49,52)/t25-,26-,27+,30+,31-,33+/m0/s1. The average molecular weight is 818 g/mol. The molecule has 2 aromatic rings. The highest BCUT2D eigenvalue weighted by Gasteiger charge is 2.37. The molecular weight excluding hydrogens is 763 g/mol. The van der Waals surface area contributed by atoms with Crippen molar-refractivity contribution in [2.75, 3.05) is 24.7 Å². The molecule has 0 unspecified atom stereocenters. The van der Waals surface area contributed by atoms with E-state index >= 15 is 0 Å². The average Bonchev–Trinajstić information content (AvgIpc) is 3.82. The summed E-state index contributed by atoms with van der Waals surface area (Å²) in [6, 6.07) is -0.469. The maximum atomic E-state index is 13.3. The molecular formula is C37H55N9O10S. The molecule has 2 aromatic heterocycles. The highest BCUT2D eigenvalue weighted by molar-refractivity contribution is 8.00. The molecule has 2 saturated heterocycles. The van der Waals surface area contributed by atoms with Gasteiger partial charge in [-0.25, -0.2) is 14.4 Å². The summed E-state index contributed by atoms with van der Waals surface area (Å²) < 4.78 is 25.2. The van der Waals surface area contributed by atoms with Crippen LogP contribution >= 0.6 is 11.8 Å². The number of aromatic nitrogens is 4. The van der Waals surface area contributed by atoms with Crippen LogP contribution in [0.3, 0.4) is 0 Å². The minimum absolute atomic E-state index is 0.0846. The summed E-state index contributed by atoms with van der Waals surface area (Å²) in [5.41, 5.74) is 12.5. The number of nitrogen functional groups attached to an aromatic ring is 1. The molecule has 4 N–H and O–H groups in total. The highest BCUT2D eigenvalue weighted by Crippen LogP contribution is 2.32. The van der Waals surface area contributed by atoms with Crippen molar-refractivity contribution in [2.45, 2.75) is 146 Å². The summed E-state index contributed by atoms with van der Waals surface area (Å²) in [6.07, 6.45) is 12.7. The van der Waals surface area contributed by atoms with Gasteiger partial charge in [-0.1, -0.05) is 76.2 Å². The summed E-state index contributed by atoms with van der Waals surface area (Å²) in [5, 5.41) is 6.45. The number of H-pyrrole nitrogens is 1. The molecule has 0 bridgehead atoms. The first-order valence-electron chi connectivity index (χ1n) is 19.7. The van der Waals surface area contributed by atoms with Gasteiger partial charge in [0, 0.05) is 47.9 Å².